The fraction of sp³-hybridized carbons (Fsp3) is 0.632. The highest BCUT2D eigenvalue weighted by Crippen LogP contribution is 2.30. The van der Waals surface area contributed by atoms with Crippen LogP contribution in [-0.4, -0.2) is 38.4 Å². The molecule has 1 aromatic carbocycles. The number of carbonyl (C=O) groups excluding carboxylic acids is 1. The first kappa shape index (κ1) is 20.4. The van der Waals surface area contributed by atoms with Gasteiger partial charge in [0.25, 0.3) is 0 Å². The van der Waals surface area contributed by atoms with Crippen LogP contribution in [-0.2, 0) is 26.9 Å². The smallest absolute Gasteiger partial charge is 0.310 e. The zero-order valence-corrected chi connectivity index (χ0v) is 17.0. The molecule has 1 fully saturated rings. The lowest BCUT2D eigenvalue weighted by Crippen LogP contribution is -2.51. The molecule has 0 N–H and O–H groups in total. The molecule has 3 atom stereocenters. The van der Waals surface area contributed by atoms with Gasteiger partial charge in [0.15, 0.2) is 0 Å². The van der Waals surface area contributed by atoms with Crippen LogP contribution in [0.25, 0.3) is 0 Å². The molecule has 1 aliphatic rings. The Morgan fingerprint density at radius 3 is 2.48 bits per heavy atom. The van der Waals surface area contributed by atoms with Gasteiger partial charge in [-0.3, -0.25) is 4.79 Å². The van der Waals surface area contributed by atoms with Crippen LogP contribution in [0, 0.1) is 5.92 Å². The molecule has 0 amide bonds. The number of ether oxygens (including phenoxy) is 1. The van der Waals surface area contributed by atoms with Gasteiger partial charge < -0.3 is 4.74 Å². The van der Waals surface area contributed by atoms with E-state index in [2.05, 4.69) is 0 Å². The summed E-state index contributed by atoms with van der Waals surface area (Å²) < 4.78 is 19.9. The van der Waals surface area contributed by atoms with Crippen LogP contribution in [0.1, 0.15) is 46.1 Å². The first-order chi connectivity index (χ1) is 11.7. The number of carbonyl (C=O) groups is 1. The van der Waals surface area contributed by atoms with Gasteiger partial charge in [-0.15, -0.1) is 0 Å². The van der Waals surface area contributed by atoms with Crippen molar-refractivity contribution < 1.29 is 13.7 Å². The molecule has 0 aliphatic carbocycles. The predicted octanol–water partition coefficient (Wildman–Crippen LogP) is 3.99. The van der Waals surface area contributed by atoms with Crippen molar-refractivity contribution in [2.75, 3.05) is 13.2 Å². The third-order valence-electron chi connectivity index (χ3n) is 4.40. The van der Waals surface area contributed by atoms with Crippen molar-refractivity contribution in [3.8, 4) is 0 Å². The van der Waals surface area contributed by atoms with Crippen LogP contribution in [0.4, 0.5) is 0 Å². The largest absolute Gasteiger partial charge is 0.466 e. The maximum absolute atomic E-state index is 13.1. The third-order valence-corrected chi connectivity index (χ3v) is 6.57. The SMILES string of the molecule is CCOC(=O)C1CC[C@H](Cc2ccc(Cl)cc2)N([S@](=O)C(C)(C)C)C1. The molecular formula is C19H28ClNO3S. The molecule has 1 unspecified atom stereocenters. The van der Waals surface area contributed by atoms with E-state index in [1.54, 1.807) is 0 Å². The highest BCUT2D eigenvalue weighted by Gasteiger charge is 2.39. The van der Waals surface area contributed by atoms with E-state index in [1.807, 2.05) is 56.3 Å². The Labute approximate surface area is 158 Å². The molecule has 1 aliphatic heterocycles. The third kappa shape index (κ3) is 5.53. The number of rotatable bonds is 5. The van der Waals surface area contributed by atoms with Gasteiger partial charge in [-0.2, -0.15) is 0 Å². The number of halogens is 1. The van der Waals surface area contributed by atoms with Crippen LogP contribution >= 0.6 is 11.6 Å². The number of piperidine rings is 1. The van der Waals surface area contributed by atoms with E-state index >= 15 is 0 Å². The minimum Gasteiger partial charge on any atom is -0.466 e. The van der Waals surface area contributed by atoms with Crippen molar-refractivity contribution in [3.63, 3.8) is 0 Å². The molecule has 0 aromatic heterocycles. The van der Waals surface area contributed by atoms with Gasteiger partial charge in [0.1, 0.15) is 0 Å². The summed E-state index contributed by atoms with van der Waals surface area (Å²) in [5, 5.41) is 0.713. The second kappa shape index (κ2) is 8.65. The summed E-state index contributed by atoms with van der Waals surface area (Å²) in [5.74, 6) is -0.379. The summed E-state index contributed by atoms with van der Waals surface area (Å²) in [6, 6.07) is 7.93. The molecule has 25 heavy (non-hydrogen) atoms. The van der Waals surface area contributed by atoms with Gasteiger partial charge in [0.2, 0.25) is 0 Å². The molecule has 0 radical (unpaired) electrons. The Morgan fingerprint density at radius 1 is 1.28 bits per heavy atom. The van der Waals surface area contributed by atoms with E-state index < -0.39 is 11.0 Å². The molecule has 0 bridgehead atoms. The zero-order valence-electron chi connectivity index (χ0n) is 15.5. The molecule has 4 nitrogen and oxygen atoms in total. The van der Waals surface area contributed by atoms with E-state index in [9.17, 15) is 9.00 Å². The Morgan fingerprint density at radius 2 is 1.92 bits per heavy atom. The number of hydrogen-bond acceptors (Lipinski definition) is 3. The van der Waals surface area contributed by atoms with Crippen LogP contribution in [0.3, 0.4) is 0 Å². The lowest BCUT2D eigenvalue weighted by atomic mass is 9.91. The quantitative estimate of drug-likeness (QED) is 0.720. The minimum atomic E-state index is -1.17. The molecule has 140 valence electrons. The fourth-order valence-corrected chi connectivity index (χ4v) is 4.69. The minimum absolute atomic E-state index is 0.145. The molecule has 1 saturated heterocycles. The maximum Gasteiger partial charge on any atom is 0.310 e. The summed E-state index contributed by atoms with van der Waals surface area (Å²) in [4.78, 5) is 12.2. The molecule has 6 heteroatoms. The summed E-state index contributed by atoms with van der Waals surface area (Å²) in [6.07, 6.45) is 2.40. The van der Waals surface area contributed by atoms with Gasteiger partial charge in [-0.1, -0.05) is 23.7 Å². The van der Waals surface area contributed by atoms with Gasteiger partial charge in [-0.05, 0) is 64.7 Å². The maximum atomic E-state index is 13.1. The van der Waals surface area contributed by atoms with Crippen LogP contribution in [0.15, 0.2) is 24.3 Å². The normalized spacial score (nSPS) is 23.2. The number of hydrogen-bond donors (Lipinski definition) is 0. The highest BCUT2D eigenvalue weighted by molar-refractivity contribution is 7.84. The van der Waals surface area contributed by atoms with E-state index in [-0.39, 0.29) is 22.7 Å². The topological polar surface area (TPSA) is 46.6 Å². The number of benzene rings is 1. The molecule has 0 saturated carbocycles. The number of esters is 1. The van der Waals surface area contributed by atoms with Gasteiger partial charge >= 0.3 is 5.97 Å². The van der Waals surface area contributed by atoms with E-state index in [0.717, 1.165) is 19.3 Å². The summed E-state index contributed by atoms with van der Waals surface area (Å²) >= 11 is 5.97. The first-order valence-corrected chi connectivity index (χ1v) is 10.3. The Bertz CT molecular complexity index is 612. The molecular weight excluding hydrogens is 358 g/mol. The van der Waals surface area contributed by atoms with Crippen molar-refractivity contribution in [2.45, 2.75) is 57.7 Å². The van der Waals surface area contributed by atoms with Crippen molar-refractivity contribution in [2.24, 2.45) is 5.92 Å². The lowest BCUT2D eigenvalue weighted by molar-refractivity contribution is -0.149. The van der Waals surface area contributed by atoms with E-state index in [4.69, 9.17) is 16.3 Å². The lowest BCUT2D eigenvalue weighted by Gasteiger charge is -2.40. The first-order valence-electron chi connectivity index (χ1n) is 8.82. The second-order valence-corrected chi connectivity index (χ2v) is 10.1. The van der Waals surface area contributed by atoms with Crippen molar-refractivity contribution in [3.05, 3.63) is 34.9 Å². The van der Waals surface area contributed by atoms with Crippen molar-refractivity contribution in [1.29, 1.82) is 0 Å². The van der Waals surface area contributed by atoms with Crippen LogP contribution < -0.4 is 0 Å². The van der Waals surface area contributed by atoms with Gasteiger partial charge in [0.05, 0.1) is 28.3 Å². The number of nitrogens with zero attached hydrogens (tertiary/aromatic N) is 1. The zero-order chi connectivity index (χ0) is 18.6. The average molecular weight is 386 g/mol. The summed E-state index contributed by atoms with van der Waals surface area (Å²) in [7, 11) is -1.17. The monoisotopic (exact) mass is 385 g/mol. The van der Waals surface area contributed by atoms with E-state index in [1.165, 1.54) is 5.56 Å². The van der Waals surface area contributed by atoms with Crippen molar-refractivity contribution in [1.82, 2.24) is 4.31 Å². The van der Waals surface area contributed by atoms with Gasteiger partial charge in [-0.25, -0.2) is 8.51 Å². The average Bonchev–Trinajstić information content (AvgIpc) is 2.56. The van der Waals surface area contributed by atoms with Gasteiger partial charge in [0, 0.05) is 17.6 Å². The van der Waals surface area contributed by atoms with Crippen LogP contribution in [0.5, 0.6) is 0 Å². The van der Waals surface area contributed by atoms with E-state index in [0.29, 0.717) is 18.2 Å². The Hall–Kier alpha value is -0.910. The molecule has 0 spiro atoms. The Kier molecular flexibility index (Phi) is 7.06. The molecule has 1 aromatic rings. The molecule has 2 rings (SSSR count). The van der Waals surface area contributed by atoms with Crippen molar-refractivity contribution >= 4 is 28.6 Å². The second-order valence-electron chi connectivity index (χ2n) is 7.47. The standard InChI is InChI=1S/C19H28ClNO3S/c1-5-24-18(22)15-8-11-17(12-14-6-9-16(20)10-7-14)21(13-15)25(23)19(2,3)4/h6-7,9-10,15,17H,5,8,11-13H2,1-4H3/t15?,17-,25-/m1/s1. The summed E-state index contributed by atoms with van der Waals surface area (Å²) in [6.45, 7) is 8.59. The fourth-order valence-electron chi connectivity index (χ4n) is 3.10. The summed E-state index contributed by atoms with van der Waals surface area (Å²) in [5.41, 5.74) is 1.17. The Balaban J connectivity index is 2.17. The predicted molar refractivity (Wildman–Crippen MR) is 103 cm³/mol. The van der Waals surface area contributed by atoms with Crippen LogP contribution in [0.2, 0.25) is 5.02 Å². The molecule has 1 heterocycles. The highest BCUT2D eigenvalue weighted by atomic mass is 35.5.